The number of hydrogen-bond donors (Lipinski definition) is 1. The van der Waals surface area contributed by atoms with Gasteiger partial charge in [0.15, 0.2) is 0 Å². The maximum Gasteiger partial charge on any atom is 0.0794 e. The zero-order valence-electron chi connectivity index (χ0n) is 10.3. The fourth-order valence-electron chi connectivity index (χ4n) is 1.75. The predicted octanol–water partition coefficient (Wildman–Crippen LogP) is 2.21. The van der Waals surface area contributed by atoms with Crippen molar-refractivity contribution in [1.82, 2.24) is 20.1 Å². The molecule has 0 saturated heterocycles. The lowest BCUT2D eigenvalue weighted by atomic mass is 10.3. The third-order valence-corrected chi connectivity index (χ3v) is 3.44. The highest BCUT2D eigenvalue weighted by molar-refractivity contribution is 7.09. The number of nitrogens with one attached hydrogen (secondary N) is 1. The van der Waals surface area contributed by atoms with E-state index in [0.717, 1.165) is 26.1 Å². The van der Waals surface area contributed by atoms with E-state index in [1.165, 1.54) is 16.3 Å². The van der Waals surface area contributed by atoms with Crippen molar-refractivity contribution in [3.8, 4) is 0 Å². The van der Waals surface area contributed by atoms with Gasteiger partial charge in [-0.05, 0) is 19.4 Å². The molecule has 0 aliphatic carbocycles. The van der Waals surface area contributed by atoms with Gasteiger partial charge < -0.3 is 5.32 Å². The number of hydrogen-bond acceptors (Lipinski definition) is 4. The van der Waals surface area contributed by atoms with Crippen LogP contribution in [0.25, 0.3) is 0 Å². The molecule has 2 aromatic heterocycles. The Bertz CT molecular complexity index is 447. The normalized spacial score (nSPS) is 10.9. The van der Waals surface area contributed by atoms with Gasteiger partial charge in [0.2, 0.25) is 0 Å². The summed E-state index contributed by atoms with van der Waals surface area (Å²) in [5.74, 6) is 0. The van der Waals surface area contributed by atoms with Crippen LogP contribution in [0.15, 0.2) is 17.8 Å². The third-order valence-electron chi connectivity index (χ3n) is 2.66. The zero-order valence-corrected chi connectivity index (χ0v) is 11.1. The van der Waals surface area contributed by atoms with Crippen molar-refractivity contribution in [2.24, 2.45) is 0 Å². The van der Waals surface area contributed by atoms with E-state index in [9.17, 15) is 0 Å². The summed E-state index contributed by atoms with van der Waals surface area (Å²) in [6.07, 6.45) is 2.90. The molecule has 0 atom stereocenters. The average Bonchev–Trinajstić information content (AvgIpc) is 2.98. The standard InChI is InChI=1S/C12H18N4S/c1-3-10-5-11(16(4-2)15-10)6-13-7-12-8-14-9-17-12/h5,8-9,13H,3-4,6-7H2,1-2H3. The minimum atomic E-state index is 0.860. The summed E-state index contributed by atoms with van der Waals surface area (Å²) in [6.45, 7) is 6.92. The topological polar surface area (TPSA) is 42.7 Å². The van der Waals surface area contributed by atoms with Gasteiger partial charge in [0, 0.05) is 30.7 Å². The Hall–Kier alpha value is -1.20. The van der Waals surface area contributed by atoms with Crippen LogP contribution in [-0.2, 0) is 26.1 Å². The molecule has 0 radical (unpaired) electrons. The first-order chi connectivity index (χ1) is 8.33. The van der Waals surface area contributed by atoms with Gasteiger partial charge in [0.25, 0.3) is 0 Å². The Labute approximate surface area is 106 Å². The van der Waals surface area contributed by atoms with Crippen LogP contribution >= 0.6 is 11.3 Å². The summed E-state index contributed by atoms with van der Waals surface area (Å²) < 4.78 is 2.07. The molecule has 0 saturated carbocycles. The molecule has 0 aromatic carbocycles. The van der Waals surface area contributed by atoms with Crippen molar-refractivity contribution in [3.05, 3.63) is 34.0 Å². The monoisotopic (exact) mass is 250 g/mol. The van der Waals surface area contributed by atoms with Crippen molar-refractivity contribution >= 4 is 11.3 Å². The van der Waals surface area contributed by atoms with Gasteiger partial charge in [-0.15, -0.1) is 11.3 Å². The first-order valence-corrected chi connectivity index (χ1v) is 6.85. The lowest BCUT2D eigenvalue weighted by molar-refractivity contribution is 0.579. The van der Waals surface area contributed by atoms with Crippen LogP contribution in [0.3, 0.4) is 0 Å². The number of aryl methyl sites for hydroxylation is 2. The van der Waals surface area contributed by atoms with Crippen LogP contribution in [0.1, 0.15) is 30.1 Å². The van der Waals surface area contributed by atoms with E-state index in [1.807, 2.05) is 11.7 Å². The molecule has 0 amide bonds. The summed E-state index contributed by atoms with van der Waals surface area (Å²) >= 11 is 1.68. The predicted molar refractivity (Wildman–Crippen MR) is 69.9 cm³/mol. The highest BCUT2D eigenvalue weighted by Crippen LogP contribution is 2.07. The Morgan fingerprint density at radius 3 is 2.88 bits per heavy atom. The maximum absolute atomic E-state index is 4.53. The van der Waals surface area contributed by atoms with E-state index in [-0.39, 0.29) is 0 Å². The van der Waals surface area contributed by atoms with Crippen molar-refractivity contribution in [3.63, 3.8) is 0 Å². The Morgan fingerprint density at radius 2 is 2.24 bits per heavy atom. The Kier molecular flexibility index (Phi) is 4.28. The molecule has 4 nitrogen and oxygen atoms in total. The highest BCUT2D eigenvalue weighted by atomic mass is 32.1. The highest BCUT2D eigenvalue weighted by Gasteiger charge is 2.05. The van der Waals surface area contributed by atoms with E-state index in [2.05, 4.69) is 40.0 Å². The fourth-order valence-corrected chi connectivity index (χ4v) is 2.31. The molecular formula is C12H18N4S. The first-order valence-electron chi connectivity index (χ1n) is 5.97. The average molecular weight is 250 g/mol. The van der Waals surface area contributed by atoms with Crippen LogP contribution in [0, 0.1) is 0 Å². The fraction of sp³-hybridized carbons (Fsp3) is 0.500. The molecule has 17 heavy (non-hydrogen) atoms. The van der Waals surface area contributed by atoms with Gasteiger partial charge in [0.05, 0.1) is 16.9 Å². The first kappa shape index (κ1) is 12.3. The van der Waals surface area contributed by atoms with Crippen molar-refractivity contribution < 1.29 is 0 Å². The second kappa shape index (κ2) is 5.93. The van der Waals surface area contributed by atoms with Crippen LogP contribution in [0.4, 0.5) is 0 Å². The lowest BCUT2D eigenvalue weighted by Crippen LogP contribution is -2.15. The third kappa shape index (κ3) is 3.14. The zero-order chi connectivity index (χ0) is 12.1. The van der Waals surface area contributed by atoms with Gasteiger partial charge in [-0.3, -0.25) is 9.67 Å². The van der Waals surface area contributed by atoms with Gasteiger partial charge in [-0.2, -0.15) is 5.10 Å². The van der Waals surface area contributed by atoms with Gasteiger partial charge in [0.1, 0.15) is 0 Å². The number of aromatic nitrogens is 3. The second-order valence-electron chi connectivity index (χ2n) is 3.87. The van der Waals surface area contributed by atoms with E-state index >= 15 is 0 Å². The van der Waals surface area contributed by atoms with E-state index in [4.69, 9.17) is 0 Å². The van der Waals surface area contributed by atoms with E-state index in [1.54, 1.807) is 11.3 Å². The summed E-state index contributed by atoms with van der Waals surface area (Å²) in [7, 11) is 0. The minimum absolute atomic E-state index is 0.860. The van der Waals surface area contributed by atoms with Crippen LogP contribution in [0.2, 0.25) is 0 Å². The minimum Gasteiger partial charge on any atom is -0.306 e. The van der Waals surface area contributed by atoms with Crippen LogP contribution in [0.5, 0.6) is 0 Å². The largest absolute Gasteiger partial charge is 0.306 e. The quantitative estimate of drug-likeness (QED) is 0.854. The number of rotatable bonds is 6. The summed E-state index contributed by atoms with van der Waals surface area (Å²) in [5, 5.41) is 7.96. The maximum atomic E-state index is 4.53. The smallest absolute Gasteiger partial charge is 0.0794 e. The SMILES string of the molecule is CCc1cc(CNCc2cncs2)n(CC)n1. The van der Waals surface area contributed by atoms with Crippen LogP contribution < -0.4 is 5.32 Å². The molecule has 1 N–H and O–H groups in total. The molecule has 0 aliphatic heterocycles. The molecule has 92 valence electrons. The summed E-state index contributed by atoms with van der Waals surface area (Å²) in [5.41, 5.74) is 4.29. The van der Waals surface area contributed by atoms with Gasteiger partial charge >= 0.3 is 0 Å². The molecule has 2 rings (SSSR count). The molecule has 0 fully saturated rings. The molecule has 2 heterocycles. The molecule has 5 heteroatoms. The van der Waals surface area contributed by atoms with Crippen molar-refractivity contribution in [2.75, 3.05) is 0 Å². The van der Waals surface area contributed by atoms with Crippen molar-refractivity contribution in [2.45, 2.75) is 39.9 Å². The molecule has 0 aliphatic rings. The van der Waals surface area contributed by atoms with E-state index < -0.39 is 0 Å². The van der Waals surface area contributed by atoms with Crippen LogP contribution in [-0.4, -0.2) is 14.8 Å². The summed E-state index contributed by atoms with van der Waals surface area (Å²) in [6, 6.07) is 2.18. The van der Waals surface area contributed by atoms with Gasteiger partial charge in [-0.1, -0.05) is 6.92 Å². The molecule has 2 aromatic rings. The lowest BCUT2D eigenvalue weighted by Gasteiger charge is -2.05. The van der Waals surface area contributed by atoms with Gasteiger partial charge in [-0.25, -0.2) is 0 Å². The summed E-state index contributed by atoms with van der Waals surface area (Å²) in [4.78, 5) is 5.33. The Balaban J connectivity index is 1.91. The number of thiazole rings is 1. The molecular weight excluding hydrogens is 232 g/mol. The molecule has 0 spiro atoms. The Morgan fingerprint density at radius 1 is 1.35 bits per heavy atom. The van der Waals surface area contributed by atoms with Crippen molar-refractivity contribution in [1.29, 1.82) is 0 Å². The van der Waals surface area contributed by atoms with E-state index in [0.29, 0.717) is 0 Å². The molecule has 0 bridgehead atoms. The molecule has 0 unspecified atom stereocenters. The number of nitrogens with zero attached hydrogens (tertiary/aromatic N) is 3. The second-order valence-corrected chi connectivity index (χ2v) is 4.84.